The maximum atomic E-state index is 2.51. The molecular weight excluding hydrogens is 570 g/mol. The number of rotatable bonds is 20. The topological polar surface area (TPSA) is 0 Å². The van der Waals surface area contributed by atoms with Crippen LogP contribution < -0.4 is 21.9 Å². The molecular formula is C44H64BP. The van der Waals surface area contributed by atoms with Crippen molar-refractivity contribution >= 4 is 35.3 Å². The van der Waals surface area contributed by atoms with Crippen molar-refractivity contribution in [1.29, 1.82) is 0 Å². The van der Waals surface area contributed by atoms with E-state index in [9.17, 15) is 0 Å². The van der Waals surface area contributed by atoms with Crippen LogP contribution in [0.3, 0.4) is 0 Å². The minimum Gasteiger partial charge on any atom is -0.195 e. The first-order valence-corrected chi connectivity index (χ1v) is 21.4. The fourth-order valence-electron chi connectivity index (χ4n) is 7.55. The Labute approximate surface area is 285 Å². The van der Waals surface area contributed by atoms with E-state index in [-0.39, 0.29) is 0 Å². The van der Waals surface area contributed by atoms with Gasteiger partial charge < -0.3 is 0 Å². The van der Waals surface area contributed by atoms with E-state index in [0.29, 0.717) is 0 Å². The summed E-state index contributed by atoms with van der Waals surface area (Å²) in [6, 6.07) is 43.5. The highest BCUT2D eigenvalue weighted by atomic mass is 31.2. The molecule has 0 saturated heterocycles. The van der Waals surface area contributed by atoms with Gasteiger partial charge in [-0.05, 0) is 45.4 Å². The average Bonchev–Trinajstić information content (AvgIpc) is 3.13. The molecule has 0 N–H and O–H groups in total. The molecule has 46 heavy (non-hydrogen) atoms. The van der Waals surface area contributed by atoms with E-state index in [0.717, 1.165) is 0 Å². The Morgan fingerprint density at radius 2 is 0.609 bits per heavy atom. The van der Waals surface area contributed by atoms with Crippen molar-refractivity contribution in [2.75, 3.05) is 24.6 Å². The standard InChI is InChI=1S/C24H20B.C20H44P/c1-5-13-21(14-6-1)25(22-15-7-2-8-16-22,23-17-9-3-10-18-23)24-19-11-4-12-20-24;1-5-9-12-15-18-21(8-4,19-16-13-10-6-2)20-17-14-11-7-3/h1-20H;5-20H2,1-4H3/q-1;+1. The molecule has 0 bridgehead atoms. The van der Waals surface area contributed by atoms with Crippen LogP contribution in [0.25, 0.3) is 0 Å². The predicted octanol–water partition coefficient (Wildman–Crippen LogP) is 10.8. The van der Waals surface area contributed by atoms with Gasteiger partial charge in [-0.15, -0.1) is 0 Å². The van der Waals surface area contributed by atoms with Gasteiger partial charge in [0.1, 0.15) is 6.15 Å². The molecule has 248 valence electrons. The molecule has 0 heterocycles. The first-order chi connectivity index (χ1) is 22.7. The molecule has 4 rings (SSSR count). The Balaban J connectivity index is 0.000000256. The van der Waals surface area contributed by atoms with Crippen LogP contribution in [0.4, 0.5) is 0 Å². The summed E-state index contributed by atoms with van der Waals surface area (Å²) in [6.07, 6.45) is 22.7. The van der Waals surface area contributed by atoms with Crippen molar-refractivity contribution in [1.82, 2.24) is 0 Å². The molecule has 4 aromatic rings. The van der Waals surface area contributed by atoms with Crippen LogP contribution in [0.15, 0.2) is 121 Å². The summed E-state index contributed by atoms with van der Waals surface area (Å²) in [6.45, 7) is 9.50. The minimum absolute atomic E-state index is 0.598. The number of benzene rings is 4. The quantitative estimate of drug-likeness (QED) is 0.0516. The lowest BCUT2D eigenvalue weighted by Gasteiger charge is -2.44. The Hall–Kier alpha value is -2.63. The molecule has 0 nitrogen and oxygen atoms in total. The van der Waals surface area contributed by atoms with Crippen molar-refractivity contribution in [2.45, 2.75) is 105 Å². The Morgan fingerprint density at radius 3 is 0.826 bits per heavy atom. The van der Waals surface area contributed by atoms with Crippen molar-refractivity contribution in [2.24, 2.45) is 0 Å². The second-order valence-corrected chi connectivity index (χ2v) is 18.2. The number of hydrogen-bond acceptors (Lipinski definition) is 0. The smallest absolute Gasteiger partial charge is 0.108 e. The number of hydrogen-bond donors (Lipinski definition) is 0. The van der Waals surface area contributed by atoms with E-state index in [1.54, 1.807) is 18.5 Å². The third-order valence-corrected chi connectivity index (χ3v) is 15.5. The molecule has 0 spiro atoms. The molecule has 0 unspecified atom stereocenters. The van der Waals surface area contributed by atoms with E-state index < -0.39 is 13.4 Å². The van der Waals surface area contributed by atoms with Gasteiger partial charge in [0.25, 0.3) is 0 Å². The molecule has 0 radical (unpaired) electrons. The summed E-state index contributed by atoms with van der Waals surface area (Å²) >= 11 is 0. The van der Waals surface area contributed by atoms with Crippen LogP contribution in [-0.4, -0.2) is 30.8 Å². The van der Waals surface area contributed by atoms with Gasteiger partial charge in [-0.2, -0.15) is 21.9 Å². The summed E-state index contributed by atoms with van der Waals surface area (Å²) < 4.78 is 0. The maximum absolute atomic E-state index is 2.51. The molecule has 0 amide bonds. The fraction of sp³-hybridized carbons (Fsp3) is 0.455. The molecule has 0 saturated carbocycles. The molecule has 0 aliphatic rings. The van der Waals surface area contributed by atoms with E-state index in [2.05, 4.69) is 149 Å². The first kappa shape index (κ1) is 37.8. The highest BCUT2D eigenvalue weighted by Gasteiger charge is 2.33. The summed E-state index contributed by atoms with van der Waals surface area (Å²) in [5.41, 5.74) is 5.36. The van der Waals surface area contributed by atoms with Crippen molar-refractivity contribution in [3.63, 3.8) is 0 Å². The molecule has 0 fully saturated rings. The Bertz CT molecular complexity index is 1080. The van der Waals surface area contributed by atoms with Gasteiger partial charge in [0.2, 0.25) is 0 Å². The lowest BCUT2D eigenvalue weighted by atomic mass is 9.13. The van der Waals surface area contributed by atoms with Crippen LogP contribution in [0, 0.1) is 0 Å². The Morgan fingerprint density at radius 1 is 0.348 bits per heavy atom. The third kappa shape index (κ3) is 11.3. The van der Waals surface area contributed by atoms with Crippen LogP contribution in [-0.2, 0) is 0 Å². The van der Waals surface area contributed by atoms with Crippen molar-refractivity contribution in [3.8, 4) is 0 Å². The largest absolute Gasteiger partial charge is 0.195 e. The highest BCUT2D eigenvalue weighted by Crippen LogP contribution is 2.60. The monoisotopic (exact) mass is 634 g/mol. The van der Waals surface area contributed by atoms with E-state index in [4.69, 9.17) is 0 Å². The maximum Gasteiger partial charge on any atom is 0.108 e. The highest BCUT2D eigenvalue weighted by molar-refractivity contribution is 7.75. The van der Waals surface area contributed by atoms with Crippen LogP contribution >= 0.6 is 7.26 Å². The zero-order valence-corrected chi connectivity index (χ0v) is 30.8. The molecule has 0 aromatic heterocycles. The summed E-state index contributed by atoms with van der Waals surface area (Å²) in [5, 5.41) is 0. The SMILES string of the molecule is CCCCCC[P+](CC)(CCCCCC)CCCCCC.c1ccc([B-](c2ccccc2)(c2ccccc2)c2ccccc2)cc1. The van der Waals surface area contributed by atoms with Gasteiger partial charge in [-0.1, -0.05) is 181 Å². The van der Waals surface area contributed by atoms with Crippen LogP contribution in [0.5, 0.6) is 0 Å². The van der Waals surface area contributed by atoms with Gasteiger partial charge in [-0.3, -0.25) is 0 Å². The van der Waals surface area contributed by atoms with E-state index >= 15 is 0 Å². The molecule has 0 aliphatic heterocycles. The van der Waals surface area contributed by atoms with Gasteiger partial charge in [0.05, 0.1) is 24.6 Å². The molecule has 2 heteroatoms. The minimum atomic E-state index is -1.22. The fourth-order valence-corrected chi connectivity index (χ4v) is 11.9. The van der Waals surface area contributed by atoms with Gasteiger partial charge in [-0.25, -0.2) is 0 Å². The zero-order valence-electron chi connectivity index (χ0n) is 29.9. The zero-order chi connectivity index (χ0) is 32.8. The normalized spacial score (nSPS) is 11.6. The van der Waals surface area contributed by atoms with Gasteiger partial charge in [0, 0.05) is 7.26 Å². The van der Waals surface area contributed by atoms with Crippen LogP contribution in [0.1, 0.15) is 105 Å². The number of unbranched alkanes of at least 4 members (excludes halogenated alkanes) is 9. The lowest BCUT2D eigenvalue weighted by Crippen LogP contribution is -2.74. The van der Waals surface area contributed by atoms with Crippen LogP contribution in [0.2, 0.25) is 0 Å². The molecule has 0 atom stereocenters. The van der Waals surface area contributed by atoms with E-state index in [1.165, 1.54) is 105 Å². The second-order valence-electron chi connectivity index (χ2n) is 13.5. The summed E-state index contributed by atoms with van der Waals surface area (Å²) in [7, 11) is -0.598. The van der Waals surface area contributed by atoms with E-state index in [1.807, 2.05) is 0 Å². The summed E-state index contributed by atoms with van der Waals surface area (Å²) in [5.74, 6) is 0. The van der Waals surface area contributed by atoms with Gasteiger partial charge >= 0.3 is 0 Å². The van der Waals surface area contributed by atoms with Crippen molar-refractivity contribution in [3.05, 3.63) is 121 Å². The predicted molar refractivity (Wildman–Crippen MR) is 215 cm³/mol. The summed E-state index contributed by atoms with van der Waals surface area (Å²) in [4.78, 5) is 0. The Kier molecular flexibility index (Phi) is 18.1. The van der Waals surface area contributed by atoms with Crippen molar-refractivity contribution < 1.29 is 0 Å². The molecule has 0 aliphatic carbocycles. The first-order valence-electron chi connectivity index (χ1n) is 18.9. The molecule has 4 aromatic carbocycles. The lowest BCUT2D eigenvalue weighted by molar-refractivity contribution is 0.683. The second kappa shape index (κ2) is 22.0. The average molecular weight is 635 g/mol. The third-order valence-electron chi connectivity index (χ3n) is 10.3. The van der Waals surface area contributed by atoms with Gasteiger partial charge in [0.15, 0.2) is 0 Å².